The third-order valence-corrected chi connectivity index (χ3v) is 2.87. The van der Waals surface area contributed by atoms with Gasteiger partial charge in [-0.15, -0.1) is 0 Å². The molecule has 112 valence electrons. The Morgan fingerprint density at radius 3 is 2.95 bits per heavy atom. The van der Waals surface area contributed by atoms with E-state index in [0.717, 1.165) is 24.3 Å². The van der Waals surface area contributed by atoms with Crippen molar-refractivity contribution in [3.8, 4) is 5.75 Å². The topological polar surface area (TPSA) is 67.6 Å². The summed E-state index contributed by atoms with van der Waals surface area (Å²) in [5, 5.41) is 2.78. The molecule has 0 unspecified atom stereocenters. The average molecular weight is 279 g/mol. The number of hydrogen-bond acceptors (Lipinski definition) is 4. The number of carbonyl (C=O) groups is 1. The molecule has 0 aromatic heterocycles. The lowest BCUT2D eigenvalue weighted by molar-refractivity contribution is -0.121. The molecule has 1 amide bonds. The molecule has 0 bridgehead atoms. The van der Waals surface area contributed by atoms with E-state index in [1.54, 1.807) is 0 Å². The maximum atomic E-state index is 11.4. The molecule has 0 aliphatic heterocycles. The molecule has 0 aliphatic rings. The highest BCUT2D eigenvalue weighted by atomic mass is 16.5. The van der Waals surface area contributed by atoms with E-state index in [1.807, 2.05) is 43.1 Å². The first-order valence-electron chi connectivity index (χ1n) is 7.02. The molecule has 3 N–H and O–H groups in total. The number of amides is 1. The molecule has 0 radical (unpaired) electrons. The van der Waals surface area contributed by atoms with Crippen molar-refractivity contribution < 1.29 is 9.53 Å². The van der Waals surface area contributed by atoms with Gasteiger partial charge in [-0.1, -0.05) is 12.1 Å². The van der Waals surface area contributed by atoms with Crippen molar-refractivity contribution in [2.24, 2.45) is 5.73 Å². The SMILES string of the molecule is CCNC(=O)CN(C)CCCOc1cccc(CN)c1. The second-order valence-corrected chi connectivity index (χ2v) is 4.74. The molecule has 5 nitrogen and oxygen atoms in total. The van der Waals surface area contributed by atoms with Gasteiger partial charge in [0.1, 0.15) is 5.75 Å². The number of nitrogens with two attached hydrogens (primary N) is 1. The summed E-state index contributed by atoms with van der Waals surface area (Å²) in [5.41, 5.74) is 6.65. The Kier molecular flexibility index (Phi) is 7.69. The van der Waals surface area contributed by atoms with Crippen LogP contribution in [0.1, 0.15) is 18.9 Å². The van der Waals surface area contributed by atoms with Crippen molar-refractivity contribution in [1.29, 1.82) is 0 Å². The summed E-state index contributed by atoms with van der Waals surface area (Å²) >= 11 is 0. The second-order valence-electron chi connectivity index (χ2n) is 4.74. The average Bonchev–Trinajstić information content (AvgIpc) is 2.44. The number of rotatable bonds is 9. The van der Waals surface area contributed by atoms with Gasteiger partial charge in [0.15, 0.2) is 0 Å². The molecule has 0 saturated heterocycles. The van der Waals surface area contributed by atoms with Crippen LogP contribution in [0.4, 0.5) is 0 Å². The van der Waals surface area contributed by atoms with Crippen molar-refractivity contribution in [2.45, 2.75) is 19.9 Å². The molecule has 0 spiro atoms. The van der Waals surface area contributed by atoms with E-state index >= 15 is 0 Å². The molecule has 0 aliphatic carbocycles. The van der Waals surface area contributed by atoms with Crippen molar-refractivity contribution in [1.82, 2.24) is 10.2 Å². The van der Waals surface area contributed by atoms with E-state index in [0.29, 0.717) is 26.2 Å². The highest BCUT2D eigenvalue weighted by Crippen LogP contribution is 2.12. The highest BCUT2D eigenvalue weighted by molar-refractivity contribution is 5.77. The maximum Gasteiger partial charge on any atom is 0.234 e. The van der Waals surface area contributed by atoms with Crippen molar-refractivity contribution in [3.63, 3.8) is 0 Å². The number of nitrogens with zero attached hydrogens (tertiary/aromatic N) is 1. The Morgan fingerprint density at radius 1 is 1.45 bits per heavy atom. The molecule has 0 atom stereocenters. The number of ether oxygens (including phenoxy) is 1. The third kappa shape index (κ3) is 6.54. The minimum Gasteiger partial charge on any atom is -0.494 e. The Labute approximate surface area is 121 Å². The van der Waals surface area contributed by atoms with E-state index in [1.165, 1.54) is 0 Å². The fraction of sp³-hybridized carbons (Fsp3) is 0.533. The van der Waals surface area contributed by atoms with Crippen LogP contribution in [0.25, 0.3) is 0 Å². The van der Waals surface area contributed by atoms with E-state index in [9.17, 15) is 4.79 Å². The first kappa shape index (κ1) is 16.5. The fourth-order valence-electron chi connectivity index (χ4n) is 1.86. The van der Waals surface area contributed by atoms with Crippen LogP contribution >= 0.6 is 0 Å². The number of hydrogen-bond donors (Lipinski definition) is 2. The Bertz CT molecular complexity index is 410. The Hall–Kier alpha value is -1.59. The van der Waals surface area contributed by atoms with Crippen molar-refractivity contribution in [2.75, 3.05) is 33.3 Å². The zero-order valence-corrected chi connectivity index (χ0v) is 12.4. The quantitative estimate of drug-likeness (QED) is 0.661. The van der Waals surface area contributed by atoms with Gasteiger partial charge in [0.2, 0.25) is 5.91 Å². The van der Waals surface area contributed by atoms with Crippen molar-refractivity contribution >= 4 is 5.91 Å². The molecule has 1 aromatic carbocycles. The lowest BCUT2D eigenvalue weighted by Crippen LogP contribution is -2.35. The first-order valence-corrected chi connectivity index (χ1v) is 7.02. The molecule has 1 rings (SSSR count). The van der Waals surface area contributed by atoms with Gasteiger partial charge < -0.3 is 15.8 Å². The van der Waals surface area contributed by atoms with E-state index in [2.05, 4.69) is 5.32 Å². The number of nitrogens with one attached hydrogen (secondary N) is 1. The lowest BCUT2D eigenvalue weighted by atomic mass is 10.2. The van der Waals surface area contributed by atoms with Crippen LogP contribution in [-0.4, -0.2) is 44.1 Å². The fourth-order valence-corrected chi connectivity index (χ4v) is 1.86. The molecule has 0 saturated carbocycles. The van der Waals surface area contributed by atoms with Crippen LogP contribution in [0.3, 0.4) is 0 Å². The molecule has 20 heavy (non-hydrogen) atoms. The smallest absolute Gasteiger partial charge is 0.234 e. The number of likely N-dealkylation sites (N-methyl/N-ethyl adjacent to an activating group) is 2. The van der Waals surface area contributed by atoms with Crippen LogP contribution in [0.15, 0.2) is 24.3 Å². The zero-order chi connectivity index (χ0) is 14.8. The van der Waals surface area contributed by atoms with Crippen LogP contribution in [0.5, 0.6) is 5.75 Å². The van der Waals surface area contributed by atoms with Gasteiger partial charge in [-0.3, -0.25) is 9.69 Å². The molecule has 0 fully saturated rings. The molecule has 0 heterocycles. The summed E-state index contributed by atoms with van der Waals surface area (Å²) < 4.78 is 5.67. The van der Waals surface area contributed by atoms with Crippen LogP contribution in [-0.2, 0) is 11.3 Å². The van der Waals surface area contributed by atoms with Gasteiger partial charge >= 0.3 is 0 Å². The van der Waals surface area contributed by atoms with Gasteiger partial charge in [0, 0.05) is 19.6 Å². The second kappa shape index (κ2) is 9.34. The number of carbonyl (C=O) groups excluding carboxylic acids is 1. The van der Waals surface area contributed by atoms with Gasteiger partial charge in [-0.25, -0.2) is 0 Å². The van der Waals surface area contributed by atoms with E-state index in [-0.39, 0.29) is 5.91 Å². The predicted octanol–water partition coefficient (Wildman–Crippen LogP) is 0.982. The third-order valence-electron chi connectivity index (χ3n) is 2.87. The normalized spacial score (nSPS) is 10.6. The minimum absolute atomic E-state index is 0.0616. The van der Waals surface area contributed by atoms with Gasteiger partial charge in [0.25, 0.3) is 0 Å². The zero-order valence-electron chi connectivity index (χ0n) is 12.4. The van der Waals surface area contributed by atoms with E-state index in [4.69, 9.17) is 10.5 Å². The molecular formula is C15H25N3O2. The summed E-state index contributed by atoms with van der Waals surface area (Å²) in [6.45, 7) is 5.00. The Morgan fingerprint density at radius 2 is 2.25 bits per heavy atom. The molecular weight excluding hydrogens is 254 g/mol. The summed E-state index contributed by atoms with van der Waals surface area (Å²) in [6.07, 6.45) is 0.878. The largest absolute Gasteiger partial charge is 0.494 e. The van der Waals surface area contributed by atoms with E-state index < -0.39 is 0 Å². The summed E-state index contributed by atoms with van der Waals surface area (Å²) in [4.78, 5) is 13.4. The molecule has 1 aromatic rings. The minimum atomic E-state index is 0.0616. The standard InChI is InChI=1S/C15H25N3O2/c1-3-17-15(19)12-18(2)8-5-9-20-14-7-4-6-13(10-14)11-16/h4,6-7,10H,3,5,8-9,11-12,16H2,1-2H3,(H,17,19). The molecule has 5 heteroatoms. The summed E-state index contributed by atoms with van der Waals surface area (Å²) in [6, 6.07) is 7.81. The van der Waals surface area contributed by atoms with Gasteiger partial charge in [-0.2, -0.15) is 0 Å². The first-order chi connectivity index (χ1) is 9.65. The van der Waals surface area contributed by atoms with Crippen LogP contribution in [0.2, 0.25) is 0 Å². The van der Waals surface area contributed by atoms with Crippen LogP contribution in [0, 0.1) is 0 Å². The van der Waals surface area contributed by atoms with Gasteiger partial charge in [-0.05, 0) is 38.1 Å². The Balaban J connectivity index is 2.19. The summed E-state index contributed by atoms with van der Waals surface area (Å²) in [5.74, 6) is 0.908. The summed E-state index contributed by atoms with van der Waals surface area (Å²) in [7, 11) is 1.93. The number of benzene rings is 1. The highest BCUT2D eigenvalue weighted by Gasteiger charge is 2.04. The van der Waals surface area contributed by atoms with Gasteiger partial charge in [0.05, 0.1) is 13.2 Å². The predicted molar refractivity (Wildman–Crippen MR) is 80.6 cm³/mol. The maximum absolute atomic E-state index is 11.4. The lowest BCUT2D eigenvalue weighted by Gasteiger charge is -2.16. The van der Waals surface area contributed by atoms with Crippen LogP contribution < -0.4 is 15.8 Å². The monoisotopic (exact) mass is 279 g/mol. The van der Waals surface area contributed by atoms with Crippen molar-refractivity contribution in [3.05, 3.63) is 29.8 Å².